The Morgan fingerprint density at radius 1 is 1.47 bits per heavy atom. The summed E-state index contributed by atoms with van der Waals surface area (Å²) in [6.07, 6.45) is 3.69. The van der Waals surface area contributed by atoms with E-state index in [-0.39, 0.29) is 6.17 Å². The minimum atomic E-state index is -0.125. The van der Waals surface area contributed by atoms with Crippen molar-refractivity contribution in [3.8, 4) is 0 Å². The molecule has 78 valence electrons. The van der Waals surface area contributed by atoms with Gasteiger partial charge in [-0.2, -0.15) is 0 Å². The zero-order valence-corrected chi connectivity index (χ0v) is 8.54. The summed E-state index contributed by atoms with van der Waals surface area (Å²) < 4.78 is 1.95. The van der Waals surface area contributed by atoms with Gasteiger partial charge in [-0.1, -0.05) is 6.92 Å². The summed E-state index contributed by atoms with van der Waals surface area (Å²) in [5.41, 5.74) is 6.40. The number of hydrogen-bond donors (Lipinski definition) is 1. The van der Waals surface area contributed by atoms with Crippen LogP contribution < -0.4 is 5.73 Å². The van der Waals surface area contributed by atoms with Crippen LogP contribution in [-0.4, -0.2) is 34.8 Å². The predicted molar refractivity (Wildman–Crippen MR) is 56.2 cm³/mol. The van der Waals surface area contributed by atoms with Crippen molar-refractivity contribution in [3.63, 3.8) is 0 Å². The van der Waals surface area contributed by atoms with Crippen molar-refractivity contribution in [2.45, 2.75) is 32.0 Å². The molecule has 1 aliphatic carbocycles. The van der Waals surface area contributed by atoms with E-state index >= 15 is 0 Å². The number of nitrogens with zero attached hydrogens (tertiary/aromatic N) is 5. The van der Waals surface area contributed by atoms with Crippen molar-refractivity contribution in [2.24, 2.45) is 32.0 Å². The summed E-state index contributed by atoms with van der Waals surface area (Å²) in [6, 6.07) is 0.467. The van der Waals surface area contributed by atoms with Crippen LogP contribution in [0.15, 0.2) is 20.3 Å². The van der Waals surface area contributed by atoms with Crippen molar-refractivity contribution < 1.29 is 4.70 Å². The Bertz CT molecular complexity index is 412. The summed E-state index contributed by atoms with van der Waals surface area (Å²) in [4.78, 5) is 8.17. The van der Waals surface area contributed by atoms with Crippen LogP contribution in [0.1, 0.15) is 19.8 Å². The molecule has 3 aliphatic rings. The van der Waals surface area contributed by atoms with E-state index in [9.17, 15) is 0 Å². The first-order valence-corrected chi connectivity index (χ1v) is 5.18. The minimum absolute atomic E-state index is 0.125. The van der Waals surface area contributed by atoms with Crippen LogP contribution in [0, 0.1) is 5.92 Å². The van der Waals surface area contributed by atoms with Gasteiger partial charge in [-0.15, -0.1) is 4.70 Å². The van der Waals surface area contributed by atoms with Gasteiger partial charge in [0.2, 0.25) is 0 Å². The van der Waals surface area contributed by atoms with Gasteiger partial charge in [0.25, 0.3) is 11.9 Å². The first kappa shape index (κ1) is 8.70. The van der Waals surface area contributed by atoms with Crippen molar-refractivity contribution in [3.05, 3.63) is 0 Å². The second-order valence-electron chi connectivity index (χ2n) is 4.34. The topological polar surface area (TPSA) is 78.5 Å². The van der Waals surface area contributed by atoms with Crippen LogP contribution in [0.4, 0.5) is 0 Å². The molecule has 2 heterocycles. The maximum absolute atomic E-state index is 5.71. The van der Waals surface area contributed by atoms with Gasteiger partial charge in [-0.05, 0) is 18.8 Å². The molecule has 3 rings (SSSR count). The molecule has 1 saturated carbocycles. The predicted octanol–water partition coefficient (Wildman–Crippen LogP) is 0.344. The van der Waals surface area contributed by atoms with Crippen LogP contribution in [0.2, 0.25) is 0 Å². The molecular formula is C9H13N6+. The number of nitrogens with two attached hydrogens (primary N) is 1. The van der Waals surface area contributed by atoms with Gasteiger partial charge in [-0.3, -0.25) is 0 Å². The zero-order valence-electron chi connectivity index (χ0n) is 8.54. The molecule has 0 radical (unpaired) electrons. The van der Waals surface area contributed by atoms with E-state index in [0.717, 1.165) is 18.8 Å². The molecule has 0 bridgehead atoms. The lowest BCUT2D eigenvalue weighted by molar-refractivity contribution is -0.653. The molecule has 2 aliphatic heterocycles. The number of amidine groups is 1. The van der Waals surface area contributed by atoms with E-state index in [1.54, 1.807) is 0 Å². The second kappa shape index (κ2) is 2.95. The maximum atomic E-state index is 5.71. The van der Waals surface area contributed by atoms with E-state index < -0.39 is 0 Å². The van der Waals surface area contributed by atoms with Crippen LogP contribution >= 0.6 is 0 Å². The Morgan fingerprint density at radius 2 is 2.27 bits per heavy atom. The molecule has 0 spiro atoms. The normalized spacial score (nSPS) is 37.7. The smallest absolute Gasteiger partial charge is 0.291 e. The third-order valence-corrected chi connectivity index (χ3v) is 3.14. The third kappa shape index (κ3) is 1.20. The Morgan fingerprint density at radius 3 is 3.00 bits per heavy atom. The van der Waals surface area contributed by atoms with Crippen molar-refractivity contribution in [2.75, 3.05) is 0 Å². The average Bonchev–Trinajstić information content (AvgIpc) is 2.58. The number of rotatable bonds is 1. The number of hydrogen-bond acceptors (Lipinski definition) is 5. The van der Waals surface area contributed by atoms with Gasteiger partial charge in [0, 0.05) is 0 Å². The largest absolute Gasteiger partial charge is 0.380 e. The van der Waals surface area contributed by atoms with E-state index in [4.69, 9.17) is 5.73 Å². The van der Waals surface area contributed by atoms with Gasteiger partial charge in [0.05, 0.1) is 5.10 Å². The van der Waals surface area contributed by atoms with Gasteiger partial charge < -0.3 is 5.73 Å². The van der Waals surface area contributed by atoms with Gasteiger partial charge in [0.15, 0.2) is 5.84 Å². The van der Waals surface area contributed by atoms with Crippen LogP contribution in [0.3, 0.4) is 0 Å². The maximum Gasteiger partial charge on any atom is 0.291 e. The standard InChI is InChI=1S/C9H13N6/c1-5-2-6(3-5)15-9-7(13-14-15)8(10)11-4-12-9/h4-6,9H,2-3H2,1H3,(H2,10,11,12)/q+1. The molecule has 1 unspecified atom stereocenters. The Labute approximate surface area is 87.3 Å². The van der Waals surface area contributed by atoms with Crippen molar-refractivity contribution in [1.82, 2.24) is 0 Å². The summed E-state index contributed by atoms with van der Waals surface area (Å²) in [6.45, 7) is 2.24. The quantitative estimate of drug-likeness (QED) is 0.616. The molecule has 0 saturated heterocycles. The molecule has 0 amide bonds. The molecule has 1 atom stereocenters. The fraction of sp³-hybridized carbons (Fsp3) is 0.667. The highest BCUT2D eigenvalue weighted by Crippen LogP contribution is 2.32. The molecule has 6 heteroatoms. The highest BCUT2D eigenvalue weighted by molar-refractivity contribution is 6.44. The molecule has 6 nitrogen and oxygen atoms in total. The SMILES string of the molecule is CC1CC([N+]2=NN=C3C(N)=NC=NC32)C1. The highest BCUT2D eigenvalue weighted by Gasteiger charge is 2.45. The first-order valence-electron chi connectivity index (χ1n) is 5.18. The molecule has 0 aromatic heterocycles. The summed E-state index contributed by atoms with van der Waals surface area (Å²) >= 11 is 0. The van der Waals surface area contributed by atoms with Crippen molar-refractivity contribution >= 4 is 17.9 Å². The molecule has 0 aromatic rings. The van der Waals surface area contributed by atoms with Crippen molar-refractivity contribution in [1.29, 1.82) is 0 Å². The number of fused-ring (bicyclic) bond motifs is 1. The van der Waals surface area contributed by atoms with Crippen LogP contribution in [0.25, 0.3) is 0 Å². The number of aliphatic imine (C=N–C) groups is 2. The summed E-state index contributed by atoms with van der Waals surface area (Å²) in [5.74, 6) is 1.22. The molecule has 2 N–H and O–H groups in total. The van der Waals surface area contributed by atoms with E-state index in [2.05, 4.69) is 27.2 Å². The molecule has 15 heavy (non-hydrogen) atoms. The lowest BCUT2D eigenvalue weighted by Crippen LogP contribution is -2.46. The lowest BCUT2D eigenvalue weighted by Gasteiger charge is -2.31. The van der Waals surface area contributed by atoms with Gasteiger partial charge in [-0.25, -0.2) is 9.98 Å². The first-order chi connectivity index (χ1) is 7.25. The van der Waals surface area contributed by atoms with Crippen LogP contribution in [0.5, 0.6) is 0 Å². The summed E-state index contributed by atoms with van der Waals surface area (Å²) in [7, 11) is 0. The molecule has 0 aromatic carbocycles. The Balaban J connectivity index is 1.81. The summed E-state index contributed by atoms with van der Waals surface area (Å²) in [5, 5.41) is 8.18. The lowest BCUT2D eigenvalue weighted by atomic mass is 9.81. The van der Waals surface area contributed by atoms with Gasteiger partial charge >= 0.3 is 0 Å². The van der Waals surface area contributed by atoms with E-state index in [1.165, 1.54) is 6.34 Å². The second-order valence-corrected chi connectivity index (χ2v) is 4.34. The highest BCUT2D eigenvalue weighted by atomic mass is 15.5. The molecule has 1 fully saturated rings. The molecular weight excluding hydrogens is 192 g/mol. The fourth-order valence-corrected chi connectivity index (χ4v) is 2.22. The average molecular weight is 205 g/mol. The Kier molecular flexibility index (Phi) is 1.71. The minimum Gasteiger partial charge on any atom is -0.380 e. The van der Waals surface area contributed by atoms with Gasteiger partial charge in [0.1, 0.15) is 17.6 Å². The monoisotopic (exact) mass is 205 g/mol. The van der Waals surface area contributed by atoms with Crippen LogP contribution in [-0.2, 0) is 0 Å². The van der Waals surface area contributed by atoms with E-state index in [1.807, 2.05) is 4.70 Å². The zero-order chi connectivity index (χ0) is 10.4. The third-order valence-electron chi connectivity index (χ3n) is 3.14. The fourth-order valence-electron chi connectivity index (χ4n) is 2.22. The van der Waals surface area contributed by atoms with E-state index in [0.29, 0.717) is 17.6 Å². The Hall–Kier alpha value is -1.59.